The maximum Gasteiger partial charge on any atom is 0.330 e. The van der Waals surface area contributed by atoms with Crippen molar-refractivity contribution in [3.8, 4) is 0 Å². The first kappa shape index (κ1) is 21.7. The lowest BCUT2D eigenvalue weighted by Gasteiger charge is -2.03. The number of hydrogen-bond acceptors (Lipinski definition) is 4. The van der Waals surface area contributed by atoms with E-state index in [1.165, 1.54) is 12.2 Å². The van der Waals surface area contributed by atoms with Crippen molar-refractivity contribution in [1.29, 1.82) is 0 Å². The van der Waals surface area contributed by atoms with Gasteiger partial charge < -0.3 is 9.47 Å². The minimum absolute atomic E-state index is 0.266. The number of carbonyl (C=O) groups excluding carboxylic acids is 2. The number of ether oxygens (including phenoxy) is 2. The molecule has 2 aromatic carbocycles. The molecule has 0 spiro atoms. The molecular weight excluding hydrogens is 399 g/mol. The summed E-state index contributed by atoms with van der Waals surface area (Å²) in [6.07, 6.45) is 7.26. The Kier molecular flexibility index (Phi) is 9.32. The molecule has 0 N–H and O–H groups in total. The van der Waals surface area contributed by atoms with Gasteiger partial charge in [0.05, 0.1) is 13.2 Å². The summed E-state index contributed by atoms with van der Waals surface area (Å²) >= 11 is 11.6. The van der Waals surface area contributed by atoms with Crippen LogP contribution in [0, 0.1) is 0 Å². The van der Waals surface area contributed by atoms with Gasteiger partial charge in [0.2, 0.25) is 0 Å². The summed E-state index contributed by atoms with van der Waals surface area (Å²) in [7, 11) is 0. The van der Waals surface area contributed by atoms with Crippen LogP contribution in [0.15, 0.2) is 60.7 Å². The first-order chi connectivity index (χ1) is 13.5. The minimum atomic E-state index is -0.419. The summed E-state index contributed by atoms with van der Waals surface area (Å²) in [5.41, 5.74) is 1.72. The Morgan fingerprint density at radius 3 is 1.39 bits per heavy atom. The number of hydrogen-bond donors (Lipinski definition) is 0. The maximum atomic E-state index is 11.6. The molecule has 0 aromatic heterocycles. The molecule has 146 valence electrons. The van der Waals surface area contributed by atoms with E-state index >= 15 is 0 Å². The van der Waals surface area contributed by atoms with Crippen LogP contribution >= 0.6 is 23.2 Å². The Bertz CT molecular complexity index is 753. The van der Waals surface area contributed by atoms with Gasteiger partial charge >= 0.3 is 11.9 Å². The van der Waals surface area contributed by atoms with Gasteiger partial charge in [-0.25, -0.2) is 9.59 Å². The van der Waals surface area contributed by atoms with E-state index in [-0.39, 0.29) is 13.2 Å². The number of halogens is 2. The summed E-state index contributed by atoms with van der Waals surface area (Å²) in [6, 6.07) is 14.2. The van der Waals surface area contributed by atoms with Crippen molar-refractivity contribution in [2.45, 2.75) is 12.8 Å². The monoisotopic (exact) mass is 418 g/mol. The van der Waals surface area contributed by atoms with Crippen molar-refractivity contribution < 1.29 is 19.1 Å². The Morgan fingerprint density at radius 1 is 0.679 bits per heavy atom. The van der Waals surface area contributed by atoms with E-state index in [0.29, 0.717) is 22.9 Å². The quantitative estimate of drug-likeness (QED) is 0.302. The zero-order valence-electron chi connectivity index (χ0n) is 15.1. The van der Waals surface area contributed by atoms with E-state index in [9.17, 15) is 9.59 Å². The zero-order chi connectivity index (χ0) is 20.2. The summed E-state index contributed by atoms with van der Waals surface area (Å²) in [5.74, 6) is -0.837. The number of benzene rings is 2. The molecule has 0 heterocycles. The van der Waals surface area contributed by atoms with Crippen LogP contribution in [0.2, 0.25) is 10.0 Å². The lowest BCUT2D eigenvalue weighted by atomic mass is 10.2. The lowest BCUT2D eigenvalue weighted by molar-refractivity contribution is -0.140. The summed E-state index contributed by atoms with van der Waals surface area (Å²) in [5, 5.41) is 1.28. The molecule has 6 heteroatoms. The van der Waals surface area contributed by atoms with Gasteiger partial charge in [-0.2, -0.15) is 0 Å². The molecule has 0 aliphatic rings. The van der Waals surface area contributed by atoms with E-state index in [2.05, 4.69) is 0 Å². The molecular formula is C22H20Cl2O4. The van der Waals surface area contributed by atoms with Crippen molar-refractivity contribution in [1.82, 2.24) is 0 Å². The maximum absolute atomic E-state index is 11.6. The molecule has 0 unspecified atom stereocenters. The van der Waals surface area contributed by atoms with Gasteiger partial charge in [0.25, 0.3) is 0 Å². The highest BCUT2D eigenvalue weighted by atomic mass is 35.5. The van der Waals surface area contributed by atoms with Gasteiger partial charge in [-0.05, 0) is 60.4 Å². The van der Waals surface area contributed by atoms with E-state index in [1.54, 1.807) is 36.4 Å². The van der Waals surface area contributed by atoms with Crippen LogP contribution in [-0.2, 0) is 19.1 Å². The second-order valence-corrected chi connectivity index (χ2v) is 6.68. The number of rotatable bonds is 9. The highest BCUT2D eigenvalue weighted by molar-refractivity contribution is 6.30. The molecule has 0 aliphatic carbocycles. The minimum Gasteiger partial charge on any atom is -0.463 e. The van der Waals surface area contributed by atoms with E-state index in [4.69, 9.17) is 32.7 Å². The second kappa shape index (κ2) is 12.0. The third-order valence-electron chi connectivity index (χ3n) is 3.59. The Morgan fingerprint density at radius 2 is 1.04 bits per heavy atom. The average molecular weight is 419 g/mol. The van der Waals surface area contributed by atoms with Crippen molar-refractivity contribution in [2.24, 2.45) is 0 Å². The number of carbonyl (C=O) groups is 2. The molecule has 28 heavy (non-hydrogen) atoms. The van der Waals surface area contributed by atoms with Gasteiger partial charge in [0.15, 0.2) is 0 Å². The Balaban J connectivity index is 1.56. The van der Waals surface area contributed by atoms with Crippen LogP contribution in [0.1, 0.15) is 24.0 Å². The van der Waals surface area contributed by atoms with Crippen LogP contribution in [0.5, 0.6) is 0 Å². The third-order valence-corrected chi connectivity index (χ3v) is 4.10. The van der Waals surface area contributed by atoms with Gasteiger partial charge in [0.1, 0.15) is 0 Å². The van der Waals surface area contributed by atoms with Crippen LogP contribution in [0.3, 0.4) is 0 Å². The van der Waals surface area contributed by atoms with Crippen LogP contribution in [0.25, 0.3) is 12.2 Å². The van der Waals surface area contributed by atoms with Crippen molar-refractivity contribution >= 4 is 47.3 Å². The fourth-order valence-electron chi connectivity index (χ4n) is 2.12. The molecule has 0 bridgehead atoms. The summed E-state index contributed by atoms with van der Waals surface area (Å²) < 4.78 is 10.2. The van der Waals surface area contributed by atoms with E-state index in [0.717, 1.165) is 11.1 Å². The largest absolute Gasteiger partial charge is 0.463 e. The molecule has 0 saturated heterocycles. The van der Waals surface area contributed by atoms with Crippen molar-refractivity contribution in [2.75, 3.05) is 13.2 Å². The van der Waals surface area contributed by atoms with Crippen LogP contribution < -0.4 is 0 Å². The highest BCUT2D eigenvalue weighted by Gasteiger charge is 2.00. The summed E-state index contributed by atoms with van der Waals surface area (Å²) in [4.78, 5) is 23.3. The fraction of sp³-hybridized carbons (Fsp3) is 0.182. The van der Waals surface area contributed by atoms with Gasteiger partial charge in [0, 0.05) is 22.2 Å². The van der Waals surface area contributed by atoms with Gasteiger partial charge in [-0.3, -0.25) is 0 Å². The van der Waals surface area contributed by atoms with Crippen LogP contribution in [-0.4, -0.2) is 25.2 Å². The van der Waals surface area contributed by atoms with E-state index < -0.39 is 11.9 Å². The second-order valence-electron chi connectivity index (χ2n) is 5.81. The van der Waals surface area contributed by atoms with Gasteiger partial charge in [-0.1, -0.05) is 47.5 Å². The van der Waals surface area contributed by atoms with Gasteiger partial charge in [-0.15, -0.1) is 0 Å². The molecule has 0 fully saturated rings. The predicted octanol–water partition coefficient (Wildman–Crippen LogP) is 5.59. The predicted molar refractivity (Wildman–Crippen MR) is 112 cm³/mol. The molecule has 0 atom stereocenters. The van der Waals surface area contributed by atoms with Crippen LogP contribution in [0.4, 0.5) is 0 Å². The molecule has 2 aromatic rings. The van der Waals surface area contributed by atoms with E-state index in [1.807, 2.05) is 24.3 Å². The zero-order valence-corrected chi connectivity index (χ0v) is 16.7. The smallest absolute Gasteiger partial charge is 0.330 e. The average Bonchev–Trinajstić information content (AvgIpc) is 2.69. The third kappa shape index (κ3) is 8.89. The lowest BCUT2D eigenvalue weighted by Crippen LogP contribution is -2.06. The highest BCUT2D eigenvalue weighted by Crippen LogP contribution is 2.11. The molecule has 2 rings (SSSR count). The standard InChI is InChI=1S/C22H20Cl2O4/c23-19-9-3-17(4-10-19)7-13-21(25)27-15-1-2-16-28-22(26)14-8-18-5-11-20(24)12-6-18/h3-14H,1-2,15-16H2/b13-7-,14-8+. The SMILES string of the molecule is O=C(/C=C\c1ccc(Cl)cc1)OCCCCOC(=O)/C=C/c1ccc(Cl)cc1. The molecule has 0 aliphatic heterocycles. The summed E-state index contributed by atoms with van der Waals surface area (Å²) in [6.45, 7) is 0.532. The normalized spacial score (nSPS) is 11.1. The molecule has 0 radical (unpaired) electrons. The molecule has 0 amide bonds. The molecule has 0 saturated carbocycles. The van der Waals surface area contributed by atoms with Crippen molar-refractivity contribution in [3.63, 3.8) is 0 Å². The van der Waals surface area contributed by atoms with Crippen molar-refractivity contribution in [3.05, 3.63) is 81.9 Å². The topological polar surface area (TPSA) is 52.6 Å². The molecule has 4 nitrogen and oxygen atoms in total. The first-order valence-corrected chi connectivity index (χ1v) is 9.49. The number of esters is 2. The number of unbranched alkanes of at least 4 members (excludes halogenated alkanes) is 1. The fourth-order valence-corrected chi connectivity index (χ4v) is 2.37. The Hall–Kier alpha value is -2.56. The Labute approximate surface area is 174 Å². The first-order valence-electron chi connectivity index (χ1n) is 8.74.